The molecule has 2 rings (SSSR count). The van der Waals surface area contributed by atoms with Crippen LogP contribution in [0.5, 0.6) is 11.5 Å². The molecule has 0 bridgehead atoms. The van der Waals surface area contributed by atoms with Gasteiger partial charge in [-0.15, -0.1) is 0 Å². The van der Waals surface area contributed by atoms with Crippen molar-refractivity contribution in [1.82, 2.24) is 0 Å². The lowest BCUT2D eigenvalue weighted by Gasteiger charge is -2.14. The van der Waals surface area contributed by atoms with Crippen LogP contribution in [0, 0.1) is 17.5 Å². The van der Waals surface area contributed by atoms with Crippen molar-refractivity contribution in [3.8, 4) is 11.5 Å². The molecule has 0 spiro atoms. The van der Waals surface area contributed by atoms with E-state index in [0.717, 1.165) is 0 Å². The van der Waals surface area contributed by atoms with Crippen molar-refractivity contribution in [2.45, 2.75) is 4.90 Å². The van der Waals surface area contributed by atoms with E-state index < -0.39 is 32.4 Å². The third-order valence-corrected chi connectivity index (χ3v) is 4.32. The predicted octanol–water partition coefficient (Wildman–Crippen LogP) is 2.92. The van der Waals surface area contributed by atoms with Crippen LogP contribution in [-0.2, 0) is 10.0 Å². The van der Waals surface area contributed by atoms with E-state index in [1.165, 1.54) is 32.4 Å². The minimum Gasteiger partial charge on any atom is -0.493 e. The number of benzene rings is 2. The fourth-order valence-corrected chi connectivity index (χ4v) is 3.02. The summed E-state index contributed by atoms with van der Waals surface area (Å²) in [6.07, 6.45) is 0. The summed E-state index contributed by atoms with van der Waals surface area (Å²) in [5.41, 5.74) is -0.0454. The highest BCUT2D eigenvalue weighted by atomic mass is 32.2. The largest absolute Gasteiger partial charge is 0.493 e. The number of rotatable bonds is 5. The van der Waals surface area contributed by atoms with Crippen LogP contribution in [0.1, 0.15) is 0 Å². The maximum atomic E-state index is 13.7. The number of methoxy groups -OCH3 is 2. The summed E-state index contributed by atoms with van der Waals surface area (Å²) in [4.78, 5) is -1.03. The van der Waals surface area contributed by atoms with Crippen LogP contribution in [0.2, 0.25) is 0 Å². The summed E-state index contributed by atoms with van der Waals surface area (Å²) in [5, 5.41) is 0. The summed E-state index contributed by atoms with van der Waals surface area (Å²) in [6.45, 7) is 0. The molecule has 23 heavy (non-hydrogen) atoms. The zero-order valence-electron chi connectivity index (χ0n) is 12.1. The van der Waals surface area contributed by atoms with Crippen LogP contribution in [-0.4, -0.2) is 22.6 Å². The third-order valence-electron chi connectivity index (χ3n) is 2.94. The topological polar surface area (TPSA) is 64.6 Å². The Morgan fingerprint density at radius 1 is 0.957 bits per heavy atom. The van der Waals surface area contributed by atoms with E-state index in [0.29, 0.717) is 12.1 Å². The minimum absolute atomic E-state index is 0.0454. The molecule has 2 aromatic rings. The molecule has 0 saturated carbocycles. The molecule has 0 saturated heterocycles. The highest BCUT2D eigenvalue weighted by Gasteiger charge is 2.25. The van der Waals surface area contributed by atoms with Gasteiger partial charge >= 0.3 is 0 Å². The van der Waals surface area contributed by atoms with E-state index in [4.69, 9.17) is 9.47 Å². The van der Waals surface area contributed by atoms with Crippen molar-refractivity contribution in [3.63, 3.8) is 0 Å². The Balaban J connectivity index is 2.50. The van der Waals surface area contributed by atoms with Gasteiger partial charge in [-0.25, -0.2) is 21.6 Å². The molecule has 0 aliphatic heterocycles. The highest BCUT2D eigenvalue weighted by molar-refractivity contribution is 7.92. The summed E-state index contributed by atoms with van der Waals surface area (Å²) in [7, 11) is -1.87. The van der Waals surface area contributed by atoms with Gasteiger partial charge in [0.2, 0.25) is 0 Å². The van der Waals surface area contributed by atoms with Gasteiger partial charge in [-0.05, 0) is 24.3 Å². The van der Waals surface area contributed by atoms with Crippen molar-refractivity contribution < 1.29 is 31.1 Å². The Labute approximate surface area is 130 Å². The smallest absolute Gasteiger partial charge is 0.265 e. The lowest BCUT2D eigenvalue weighted by Crippen LogP contribution is -2.16. The normalized spacial score (nSPS) is 11.2. The standard InChI is InChI=1S/C14H12F3NO4S/c1-21-10-5-3-4-9(14(10)22-2)18-23(19,20)11-7-6-8(15)12(16)13(11)17/h3-7,18H,1-2H3. The predicted molar refractivity (Wildman–Crippen MR) is 76.7 cm³/mol. The van der Waals surface area contributed by atoms with E-state index in [1.807, 2.05) is 0 Å². The van der Waals surface area contributed by atoms with Crippen LogP contribution < -0.4 is 14.2 Å². The van der Waals surface area contributed by atoms with E-state index >= 15 is 0 Å². The average Bonchev–Trinajstić information content (AvgIpc) is 2.51. The van der Waals surface area contributed by atoms with Gasteiger partial charge in [-0.1, -0.05) is 6.07 Å². The number of hydrogen-bond donors (Lipinski definition) is 1. The van der Waals surface area contributed by atoms with Crippen molar-refractivity contribution in [2.75, 3.05) is 18.9 Å². The molecule has 2 aromatic carbocycles. The summed E-state index contributed by atoms with van der Waals surface area (Å²) >= 11 is 0. The van der Waals surface area contributed by atoms with Crippen LogP contribution >= 0.6 is 0 Å². The quantitative estimate of drug-likeness (QED) is 0.845. The van der Waals surface area contributed by atoms with Gasteiger partial charge in [0.05, 0.1) is 19.9 Å². The van der Waals surface area contributed by atoms with E-state index in [1.54, 1.807) is 0 Å². The highest BCUT2D eigenvalue weighted by Crippen LogP contribution is 2.36. The average molecular weight is 347 g/mol. The molecule has 0 heterocycles. The molecule has 1 N–H and O–H groups in total. The Bertz CT molecular complexity index is 840. The first-order valence-electron chi connectivity index (χ1n) is 6.19. The number of ether oxygens (including phenoxy) is 2. The molecular weight excluding hydrogens is 335 g/mol. The second-order valence-corrected chi connectivity index (χ2v) is 5.97. The number of sulfonamides is 1. The van der Waals surface area contributed by atoms with Crippen molar-refractivity contribution in [2.24, 2.45) is 0 Å². The molecule has 5 nitrogen and oxygen atoms in total. The molecule has 9 heteroatoms. The van der Waals surface area contributed by atoms with Crippen LogP contribution in [0.3, 0.4) is 0 Å². The lowest BCUT2D eigenvalue weighted by molar-refractivity contribution is 0.356. The van der Waals surface area contributed by atoms with Gasteiger partial charge in [-0.2, -0.15) is 0 Å². The maximum Gasteiger partial charge on any atom is 0.265 e. The first-order chi connectivity index (χ1) is 10.8. The summed E-state index contributed by atoms with van der Waals surface area (Å²) < 4.78 is 76.4. The summed E-state index contributed by atoms with van der Waals surface area (Å²) in [6, 6.07) is 5.49. The SMILES string of the molecule is COc1cccc(NS(=O)(=O)c2ccc(F)c(F)c2F)c1OC. The molecule has 0 radical (unpaired) electrons. The number of hydrogen-bond acceptors (Lipinski definition) is 4. The Morgan fingerprint density at radius 3 is 2.26 bits per heavy atom. The molecule has 0 atom stereocenters. The van der Waals surface area contributed by atoms with Crippen LogP contribution in [0.4, 0.5) is 18.9 Å². The van der Waals surface area contributed by atoms with Gasteiger partial charge in [0, 0.05) is 0 Å². The van der Waals surface area contributed by atoms with Crippen LogP contribution in [0.15, 0.2) is 35.2 Å². The molecule has 124 valence electrons. The van der Waals surface area contributed by atoms with E-state index in [9.17, 15) is 21.6 Å². The van der Waals surface area contributed by atoms with Gasteiger partial charge < -0.3 is 9.47 Å². The van der Waals surface area contributed by atoms with Gasteiger partial charge in [0.25, 0.3) is 10.0 Å². The van der Waals surface area contributed by atoms with Crippen molar-refractivity contribution in [1.29, 1.82) is 0 Å². The van der Waals surface area contributed by atoms with Gasteiger partial charge in [0.1, 0.15) is 4.90 Å². The first kappa shape index (κ1) is 16.9. The van der Waals surface area contributed by atoms with Crippen molar-refractivity contribution >= 4 is 15.7 Å². The molecule has 0 aliphatic carbocycles. The number of nitrogens with one attached hydrogen (secondary N) is 1. The lowest BCUT2D eigenvalue weighted by atomic mass is 10.3. The molecule has 0 aromatic heterocycles. The second kappa shape index (κ2) is 6.37. The van der Waals surface area contributed by atoms with Gasteiger partial charge in [-0.3, -0.25) is 4.72 Å². The summed E-state index contributed by atoms with van der Waals surface area (Å²) in [5.74, 6) is -4.87. The Kier molecular flexibility index (Phi) is 4.69. The zero-order valence-corrected chi connectivity index (χ0v) is 12.9. The Morgan fingerprint density at radius 2 is 1.65 bits per heavy atom. The van der Waals surface area contributed by atoms with E-state index in [2.05, 4.69) is 4.72 Å². The number of anilines is 1. The van der Waals surface area contributed by atoms with Crippen molar-refractivity contribution in [3.05, 3.63) is 47.8 Å². The zero-order chi connectivity index (χ0) is 17.2. The molecule has 0 aliphatic rings. The first-order valence-corrected chi connectivity index (χ1v) is 7.67. The van der Waals surface area contributed by atoms with Gasteiger partial charge in [0.15, 0.2) is 29.0 Å². The number of para-hydroxylation sites is 1. The maximum absolute atomic E-state index is 13.7. The fourth-order valence-electron chi connectivity index (χ4n) is 1.88. The molecule has 0 amide bonds. The number of halogens is 3. The molecule has 0 unspecified atom stereocenters. The minimum atomic E-state index is -4.51. The molecular formula is C14H12F3NO4S. The fraction of sp³-hybridized carbons (Fsp3) is 0.143. The Hall–Kier alpha value is -2.42. The molecule has 0 fully saturated rings. The monoisotopic (exact) mass is 347 g/mol. The van der Waals surface area contributed by atoms with Crippen LogP contribution in [0.25, 0.3) is 0 Å². The third kappa shape index (κ3) is 3.19. The van der Waals surface area contributed by atoms with E-state index in [-0.39, 0.29) is 17.2 Å². The second-order valence-electron chi connectivity index (χ2n) is 4.32.